The normalized spacial score (nSPS) is 10.5. The molecule has 0 fully saturated rings. The highest BCUT2D eigenvalue weighted by molar-refractivity contribution is 9.10. The molecule has 0 bridgehead atoms. The van der Waals surface area contributed by atoms with Crippen LogP contribution in [0.4, 0.5) is 5.13 Å². The Morgan fingerprint density at radius 1 is 1.53 bits per heavy atom. The Bertz CT molecular complexity index is 593. The van der Waals surface area contributed by atoms with E-state index in [1.165, 1.54) is 22.2 Å². The molecule has 2 aromatic rings. The molecular weight excluding hydrogens is 306 g/mol. The van der Waals surface area contributed by atoms with Crippen LogP contribution in [0.2, 0.25) is 0 Å². The van der Waals surface area contributed by atoms with E-state index in [0.717, 1.165) is 10.1 Å². The van der Waals surface area contributed by atoms with Gasteiger partial charge >= 0.3 is 0 Å². The lowest BCUT2D eigenvalue weighted by Gasteiger charge is -2.03. The van der Waals surface area contributed by atoms with Gasteiger partial charge in [-0.2, -0.15) is 0 Å². The van der Waals surface area contributed by atoms with E-state index in [4.69, 9.17) is 0 Å². The van der Waals surface area contributed by atoms with Gasteiger partial charge in [-0.15, -0.1) is 10.2 Å². The lowest BCUT2D eigenvalue weighted by Crippen LogP contribution is -2.22. The number of nitrogens with zero attached hydrogens (tertiary/aromatic N) is 4. The SMILES string of the molecule is CNc1nnc(Cn2cnc(C)c(Br)c2=O)s1. The topological polar surface area (TPSA) is 72.7 Å². The second-order valence-corrected chi connectivity index (χ2v) is 5.18. The summed E-state index contributed by atoms with van der Waals surface area (Å²) in [4.78, 5) is 16.0. The molecule has 0 saturated heterocycles. The summed E-state index contributed by atoms with van der Waals surface area (Å²) >= 11 is 4.63. The molecule has 1 N–H and O–H groups in total. The molecule has 17 heavy (non-hydrogen) atoms. The average Bonchev–Trinajstić information content (AvgIpc) is 2.78. The molecule has 90 valence electrons. The smallest absolute Gasteiger partial charge is 0.268 e. The van der Waals surface area contributed by atoms with E-state index in [-0.39, 0.29) is 5.56 Å². The molecule has 0 saturated carbocycles. The van der Waals surface area contributed by atoms with Crippen LogP contribution in [0, 0.1) is 6.92 Å². The maximum atomic E-state index is 11.9. The van der Waals surface area contributed by atoms with Gasteiger partial charge in [-0.25, -0.2) is 4.98 Å². The third kappa shape index (κ3) is 2.52. The Morgan fingerprint density at radius 2 is 2.29 bits per heavy atom. The molecule has 0 aromatic carbocycles. The van der Waals surface area contributed by atoms with Crippen molar-refractivity contribution >= 4 is 32.4 Å². The van der Waals surface area contributed by atoms with E-state index in [1.807, 2.05) is 0 Å². The predicted octanol–water partition coefficient (Wildman–Crippen LogP) is 1.26. The quantitative estimate of drug-likeness (QED) is 0.923. The maximum Gasteiger partial charge on any atom is 0.268 e. The summed E-state index contributed by atoms with van der Waals surface area (Å²) in [6.45, 7) is 2.16. The maximum absolute atomic E-state index is 11.9. The lowest BCUT2D eigenvalue weighted by molar-refractivity contribution is 0.713. The number of hydrogen-bond acceptors (Lipinski definition) is 6. The van der Waals surface area contributed by atoms with Crippen molar-refractivity contribution in [2.24, 2.45) is 0 Å². The summed E-state index contributed by atoms with van der Waals surface area (Å²) in [6.07, 6.45) is 1.52. The molecule has 0 aliphatic carbocycles. The van der Waals surface area contributed by atoms with Crippen molar-refractivity contribution in [2.45, 2.75) is 13.5 Å². The molecule has 0 aliphatic rings. The second-order valence-electron chi connectivity index (χ2n) is 3.33. The molecule has 8 heteroatoms. The van der Waals surface area contributed by atoms with E-state index in [2.05, 4.69) is 36.4 Å². The zero-order chi connectivity index (χ0) is 12.4. The largest absolute Gasteiger partial charge is 0.363 e. The van der Waals surface area contributed by atoms with Crippen molar-refractivity contribution < 1.29 is 0 Å². The van der Waals surface area contributed by atoms with Crippen LogP contribution in [0.15, 0.2) is 15.6 Å². The highest BCUT2D eigenvalue weighted by Crippen LogP contribution is 2.15. The van der Waals surface area contributed by atoms with Crippen molar-refractivity contribution in [3.63, 3.8) is 0 Å². The molecule has 0 amide bonds. The Balaban J connectivity index is 2.30. The molecule has 6 nitrogen and oxygen atoms in total. The number of halogens is 1. The fourth-order valence-electron chi connectivity index (χ4n) is 1.22. The zero-order valence-corrected chi connectivity index (χ0v) is 11.7. The monoisotopic (exact) mass is 315 g/mol. The first-order valence-electron chi connectivity index (χ1n) is 4.83. The molecule has 2 heterocycles. The highest BCUT2D eigenvalue weighted by Gasteiger charge is 2.08. The summed E-state index contributed by atoms with van der Waals surface area (Å²) < 4.78 is 1.98. The molecule has 0 unspecified atom stereocenters. The van der Waals surface area contributed by atoms with Gasteiger partial charge in [-0.3, -0.25) is 9.36 Å². The molecule has 2 rings (SSSR count). The van der Waals surface area contributed by atoms with Crippen molar-refractivity contribution in [1.29, 1.82) is 0 Å². The summed E-state index contributed by atoms with van der Waals surface area (Å²) in [5, 5.41) is 12.3. The number of rotatable bonds is 3. The number of aromatic nitrogens is 4. The van der Waals surface area contributed by atoms with Crippen molar-refractivity contribution in [2.75, 3.05) is 12.4 Å². The Labute approximate surface area is 110 Å². The first-order valence-corrected chi connectivity index (χ1v) is 6.44. The minimum Gasteiger partial charge on any atom is -0.363 e. The Hall–Kier alpha value is -1.28. The molecule has 0 spiro atoms. The fourth-order valence-corrected chi connectivity index (χ4v) is 2.25. The van der Waals surface area contributed by atoms with Crippen molar-refractivity contribution in [3.8, 4) is 0 Å². The van der Waals surface area contributed by atoms with Crippen molar-refractivity contribution in [3.05, 3.63) is 31.9 Å². The van der Waals surface area contributed by atoms with Gasteiger partial charge < -0.3 is 5.32 Å². The van der Waals surface area contributed by atoms with Gasteiger partial charge in [0.1, 0.15) is 9.48 Å². The Morgan fingerprint density at radius 3 is 2.94 bits per heavy atom. The van der Waals surface area contributed by atoms with E-state index >= 15 is 0 Å². The van der Waals surface area contributed by atoms with Crippen LogP contribution in [0.5, 0.6) is 0 Å². The summed E-state index contributed by atoms with van der Waals surface area (Å²) in [6, 6.07) is 0. The molecule has 2 aromatic heterocycles. The summed E-state index contributed by atoms with van der Waals surface area (Å²) in [5.41, 5.74) is 0.568. The van der Waals surface area contributed by atoms with Crippen LogP contribution >= 0.6 is 27.3 Å². The first-order chi connectivity index (χ1) is 8.11. The van der Waals surface area contributed by atoms with Gasteiger partial charge in [-0.05, 0) is 22.9 Å². The summed E-state index contributed by atoms with van der Waals surface area (Å²) in [7, 11) is 1.78. The number of hydrogen-bond donors (Lipinski definition) is 1. The molecular formula is C9H10BrN5OS. The minimum atomic E-state index is -0.112. The summed E-state index contributed by atoms with van der Waals surface area (Å²) in [5.74, 6) is 0. The van der Waals surface area contributed by atoms with Gasteiger partial charge in [0.05, 0.1) is 18.6 Å². The molecule has 0 radical (unpaired) electrons. The minimum absolute atomic E-state index is 0.112. The van der Waals surface area contributed by atoms with E-state index in [1.54, 1.807) is 14.0 Å². The van der Waals surface area contributed by atoms with Gasteiger partial charge in [0, 0.05) is 7.05 Å². The van der Waals surface area contributed by atoms with Crippen LogP contribution in [0.25, 0.3) is 0 Å². The van der Waals surface area contributed by atoms with Gasteiger partial charge in [-0.1, -0.05) is 11.3 Å². The third-order valence-corrected chi connectivity index (χ3v) is 3.98. The average molecular weight is 316 g/mol. The zero-order valence-electron chi connectivity index (χ0n) is 9.27. The third-order valence-electron chi connectivity index (χ3n) is 2.14. The fraction of sp³-hybridized carbons (Fsp3) is 0.333. The highest BCUT2D eigenvalue weighted by atomic mass is 79.9. The van der Waals surface area contributed by atoms with Gasteiger partial charge in [0.2, 0.25) is 5.13 Å². The standard InChI is InChI=1S/C9H10BrN5OS/c1-5-7(10)8(16)15(4-12-5)3-6-13-14-9(11-2)17-6/h4H,3H2,1-2H3,(H,11,14). The van der Waals surface area contributed by atoms with Crippen LogP contribution in [-0.4, -0.2) is 26.8 Å². The van der Waals surface area contributed by atoms with Crippen molar-refractivity contribution in [1.82, 2.24) is 19.7 Å². The van der Waals surface area contributed by atoms with Gasteiger partial charge in [0.25, 0.3) is 5.56 Å². The number of aryl methyl sites for hydroxylation is 1. The second kappa shape index (κ2) is 4.92. The van der Waals surface area contributed by atoms with Crippen LogP contribution in [-0.2, 0) is 6.54 Å². The molecule has 0 atom stereocenters. The van der Waals surface area contributed by atoms with Gasteiger partial charge in [0.15, 0.2) is 0 Å². The van der Waals surface area contributed by atoms with E-state index in [9.17, 15) is 4.79 Å². The lowest BCUT2D eigenvalue weighted by atomic mass is 10.4. The number of anilines is 1. The van der Waals surface area contributed by atoms with Crippen LogP contribution in [0.3, 0.4) is 0 Å². The Kier molecular flexibility index (Phi) is 3.53. The van der Waals surface area contributed by atoms with E-state index < -0.39 is 0 Å². The predicted molar refractivity (Wildman–Crippen MR) is 69.5 cm³/mol. The van der Waals surface area contributed by atoms with Crippen LogP contribution < -0.4 is 10.9 Å². The van der Waals surface area contributed by atoms with E-state index in [0.29, 0.717) is 16.7 Å². The van der Waals surface area contributed by atoms with Crippen LogP contribution in [0.1, 0.15) is 10.7 Å². The molecule has 0 aliphatic heterocycles. The first kappa shape index (κ1) is 12.2. The number of nitrogens with one attached hydrogen (secondary N) is 1.